The monoisotopic (exact) mass is 423 g/mol. The Hall–Kier alpha value is -3.13. The smallest absolute Gasteiger partial charge is 0.251 e. The first-order valence-electron chi connectivity index (χ1n) is 9.65. The quantitative estimate of drug-likeness (QED) is 0.544. The molecule has 2 N–H and O–H groups in total. The van der Waals surface area contributed by atoms with E-state index in [0.717, 1.165) is 22.6 Å². The summed E-state index contributed by atoms with van der Waals surface area (Å²) in [6, 6.07) is 15.1. The summed E-state index contributed by atoms with van der Waals surface area (Å²) >= 11 is 1.33. The van der Waals surface area contributed by atoms with Crippen molar-refractivity contribution in [1.82, 2.24) is 20.1 Å². The van der Waals surface area contributed by atoms with Gasteiger partial charge in [-0.05, 0) is 38.1 Å². The molecule has 0 saturated carbocycles. The van der Waals surface area contributed by atoms with Crippen LogP contribution in [0.2, 0.25) is 0 Å². The van der Waals surface area contributed by atoms with Crippen molar-refractivity contribution in [1.29, 1.82) is 0 Å². The number of amides is 2. The van der Waals surface area contributed by atoms with E-state index in [0.29, 0.717) is 23.7 Å². The van der Waals surface area contributed by atoms with Gasteiger partial charge in [-0.1, -0.05) is 47.2 Å². The van der Waals surface area contributed by atoms with Gasteiger partial charge in [0.15, 0.2) is 5.16 Å². The highest BCUT2D eigenvalue weighted by atomic mass is 32.2. The summed E-state index contributed by atoms with van der Waals surface area (Å²) in [5, 5.41) is 14.8. The standard InChI is InChI=1S/C22H25N5O2S/c1-15-4-8-17(9-5-15)21(29)23-13-12-19-25-26-22(27(19)3)30-14-20(28)24-18-10-6-16(2)7-11-18/h4-11H,12-14H2,1-3H3,(H,23,29)(H,24,28). The number of carbonyl (C=O) groups is 2. The van der Waals surface area contributed by atoms with Gasteiger partial charge in [-0.2, -0.15) is 0 Å². The number of benzene rings is 2. The van der Waals surface area contributed by atoms with Gasteiger partial charge in [-0.3, -0.25) is 9.59 Å². The first-order chi connectivity index (χ1) is 14.4. The zero-order chi connectivity index (χ0) is 21.5. The van der Waals surface area contributed by atoms with Gasteiger partial charge in [0.25, 0.3) is 5.91 Å². The zero-order valence-electron chi connectivity index (χ0n) is 17.3. The van der Waals surface area contributed by atoms with Crippen molar-refractivity contribution in [2.45, 2.75) is 25.4 Å². The molecule has 1 aromatic heterocycles. The van der Waals surface area contributed by atoms with Crippen molar-refractivity contribution < 1.29 is 9.59 Å². The van der Waals surface area contributed by atoms with E-state index in [9.17, 15) is 9.59 Å². The van der Waals surface area contributed by atoms with Crippen LogP contribution in [0, 0.1) is 13.8 Å². The molecule has 3 aromatic rings. The van der Waals surface area contributed by atoms with Crippen LogP contribution in [0.1, 0.15) is 27.3 Å². The van der Waals surface area contributed by atoms with Gasteiger partial charge in [0, 0.05) is 31.3 Å². The minimum atomic E-state index is -0.112. The average Bonchev–Trinajstić information content (AvgIpc) is 3.08. The van der Waals surface area contributed by atoms with E-state index in [1.54, 1.807) is 0 Å². The number of rotatable bonds is 8. The predicted molar refractivity (Wildman–Crippen MR) is 119 cm³/mol. The summed E-state index contributed by atoms with van der Waals surface area (Å²) in [6.07, 6.45) is 0.553. The maximum absolute atomic E-state index is 12.2. The Labute approximate surface area is 180 Å². The first kappa shape index (κ1) is 21.6. The SMILES string of the molecule is Cc1ccc(NC(=O)CSc2nnc(CCNC(=O)c3ccc(C)cc3)n2C)cc1. The highest BCUT2D eigenvalue weighted by molar-refractivity contribution is 7.99. The van der Waals surface area contributed by atoms with Crippen LogP contribution in [0.3, 0.4) is 0 Å². The van der Waals surface area contributed by atoms with Crippen LogP contribution in [0.25, 0.3) is 0 Å². The fraction of sp³-hybridized carbons (Fsp3) is 0.273. The molecule has 1 heterocycles. The molecule has 30 heavy (non-hydrogen) atoms. The Morgan fingerprint density at radius 1 is 0.967 bits per heavy atom. The summed E-state index contributed by atoms with van der Waals surface area (Å²) in [5.41, 5.74) is 3.66. The Morgan fingerprint density at radius 2 is 1.60 bits per heavy atom. The van der Waals surface area contributed by atoms with Crippen molar-refractivity contribution in [2.75, 3.05) is 17.6 Å². The van der Waals surface area contributed by atoms with Crippen molar-refractivity contribution in [3.63, 3.8) is 0 Å². The molecule has 0 unspecified atom stereocenters. The molecule has 3 rings (SSSR count). The highest BCUT2D eigenvalue weighted by Crippen LogP contribution is 2.17. The number of nitrogens with one attached hydrogen (secondary N) is 2. The normalized spacial score (nSPS) is 10.6. The van der Waals surface area contributed by atoms with Crippen LogP contribution in [-0.2, 0) is 18.3 Å². The van der Waals surface area contributed by atoms with Gasteiger partial charge in [-0.15, -0.1) is 10.2 Å². The molecule has 156 valence electrons. The number of aryl methyl sites for hydroxylation is 2. The lowest BCUT2D eigenvalue weighted by Crippen LogP contribution is -2.26. The minimum absolute atomic E-state index is 0.0984. The van der Waals surface area contributed by atoms with Crippen LogP contribution in [-0.4, -0.2) is 38.9 Å². The van der Waals surface area contributed by atoms with Crippen molar-refractivity contribution in [2.24, 2.45) is 7.05 Å². The number of aromatic nitrogens is 3. The summed E-state index contributed by atoms with van der Waals surface area (Å²) in [4.78, 5) is 24.3. The number of hydrogen-bond acceptors (Lipinski definition) is 5. The fourth-order valence-corrected chi connectivity index (χ4v) is 3.48. The molecule has 0 fully saturated rings. The first-order valence-corrected chi connectivity index (χ1v) is 10.6. The van der Waals surface area contributed by atoms with Crippen molar-refractivity contribution >= 4 is 29.3 Å². The Morgan fingerprint density at radius 3 is 2.27 bits per heavy atom. The topological polar surface area (TPSA) is 88.9 Å². The average molecular weight is 424 g/mol. The molecule has 0 atom stereocenters. The molecule has 0 aliphatic rings. The van der Waals surface area contributed by atoms with Crippen molar-refractivity contribution in [3.8, 4) is 0 Å². The van der Waals surface area contributed by atoms with Crippen LogP contribution in [0.4, 0.5) is 5.69 Å². The van der Waals surface area contributed by atoms with E-state index in [1.807, 2.05) is 74.0 Å². The third-order valence-electron chi connectivity index (χ3n) is 4.54. The lowest BCUT2D eigenvalue weighted by Gasteiger charge is -2.07. The number of nitrogens with zero attached hydrogens (tertiary/aromatic N) is 3. The van der Waals surface area contributed by atoms with E-state index in [1.165, 1.54) is 11.8 Å². The molecule has 2 amide bonds. The third kappa shape index (κ3) is 5.93. The number of anilines is 1. The molecule has 2 aromatic carbocycles. The van der Waals surface area contributed by atoms with Gasteiger partial charge < -0.3 is 15.2 Å². The molecule has 7 nitrogen and oxygen atoms in total. The third-order valence-corrected chi connectivity index (χ3v) is 5.56. The van der Waals surface area contributed by atoms with Crippen LogP contribution in [0.15, 0.2) is 53.7 Å². The van der Waals surface area contributed by atoms with Crippen LogP contribution < -0.4 is 10.6 Å². The molecule has 0 aliphatic heterocycles. The molecule has 0 aliphatic carbocycles. The number of carbonyl (C=O) groups excluding carboxylic acids is 2. The van der Waals surface area contributed by atoms with Crippen molar-refractivity contribution in [3.05, 3.63) is 71.0 Å². The Balaban J connectivity index is 1.45. The number of thioether (sulfide) groups is 1. The van der Waals surface area contributed by atoms with E-state index >= 15 is 0 Å². The van der Waals surface area contributed by atoms with Crippen LogP contribution in [0.5, 0.6) is 0 Å². The number of hydrogen-bond donors (Lipinski definition) is 2. The fourth-order valence-electron chi connectivity index (χ4n) is 2.75. The molecule has 0 bridgehead atoms. The van der Waals surface area contributed by atoms with Gasteiger partial charge in [0.05, 0.1) is 5.75 Å². The minimum Gasteiger partial charge on any atom is -0.352 e. The molecular weight excluding hydrogens is 398 g/mol. The second-order valence-electron chi connectivity index (χ2n) is 7.03. The summed E-state index contributed by atoms with van der Waals surface area (Å²) in [6.45, 7) is 4.44. The molecule has 0 spiro atoms. The molecular formula is C22H25N5O2S. The van der Waals surface area contributed by atoms with Gasteiger partial charge in [-0.25, -0.2) is 0 Å². The predicted octanol–water partition coefficient (Wildman–Crippen LogP) is 3.14. The van der Waals surface area contributed by atoms with E-state index in [4.69, 9.17) is 0 Å². The molecule has 0 saturated heterocycles. The second kappa shape index (κ2) is 10.1. The Bertz CT molecular complexity index is 1010. The summed E-state index contributed by atoms with van der Waals surface area (Å²) in [5.74, 6) is 0.781. The lowest BCUT2D eigenvalue weighted by atomic mass is 10.1. The van der Waals surface area contributed by atoms with E-state index < -0.39 is 0 Å². The summed E-state index contributed by atoms with van der Waals surface area (Å²) < 4.78 is 1.85. The molecule has 0 radical (unpaired) electrons. The van der Waals surface area contributed by atoms with Gasteiger partial charge in [0.2, 0.25) is 5.91 Å². The van der Waals surface area contributed by atoms with Crippen LogP contribution >= 0.6 is 11.8 Å². The highest BCUT2D eigenvalue weighted by Gasteiger charge is 2.12. The lowest BCUT2D eigenvalue weighted by molar-refractivity contribution is -0.113. The maximum atomic E-state index is 12.2. The molecule has 8 heteroatoms. The van der Waals surface area contributed by atoms with Gasteiger partial charge >= 0.3 is 0 Å². The maximum Gasteiger partial charge on any atom is 0.251 e. The Kier molecular flexibility index (Phi) is 7.24. The zero-order valence-corrected chi connectivity index (χ0v) is 18.1. The summed E-state index contributed by atoms with van der Waals surface area (Å²) in [7, 11) is 1.86. The van der Waals surface area contributed by atoms with E-state index in [-0.39, 0.29) is 17.6 Å². The second-order valence-corrected chi connectivity index (χ2v) is 7.98. The van der Waals surface area contributed by atoms with E-state index in [2.05, 4.69) is 20.8 Å². The largest absolute Gasteiger partial charge is 0.352 e. The van der Waals surface area contributed by atoms with Gasteiger partial charge in [0.1, 0.15) is 5.82 Å².